The third kappa shape index (κ3) is 3.23. The van der Waals surface area contributed by atoms with Gasteiger partial charge in [0, 0.05) is 19.1 Å². The third-order valence-electron chi connectivity index (χ3n) is 4.05. The Kier molecular flexibility index (Phi) is 4.28. The Bertz CT molecular complexity index is 410. The molecule has 2 aliphatic rings. The van der Waals surface area contributed by atoms with Gasteiger partial charge in [0.05, 0.1) is 18.9 Å². The number of hydrogen-bond donors (Lipinski definition) is 0. The topological polar surface area (TPSA) is 36.3 Å². The highest BCUT2D eigenvalue weighted by Gasteiger charge is 2.21. The highest BCUT2D eigenvalue weighted by molar-refractivity contribution is 6.31. The van der Waals surface area contributed by atoms with Crippen LogP contribution >= 0.6 is 11.6 Å². The normalized spacial score (nSPS) is 24.8. The van der Waals surface area contributed by atoms with E-state index in [2.05, 4.69) is 5.10 Å². The molecule has 1 atom stereocenters. The number of ether oxygens (including phenoxy) is 2. The first-order chi connectivity index (χ1) is 9.33. The summed E-state index contributed by atoms with van der Waals surface area (Å²) < 4.78 is 13.2. The molecule has 0 amide bonds. The molecule has 2 heterocycles. The van der Waals surface area contributed by atoms with Gasteiger partial charge in [0.15, 0.2) is 10.9 Å². The van der Waals surface area contributed by atoms with Crippen LogP contribution in [0.3, 0.4) is 0 Å². The molecule has 0 radical (unpaired) electrons. The SMILES string of the molecule is Clc1c(OC2CCCCC2)cnn1CC1CCOC1. The van der Waals surface area contributed by atoms with Gasteiger partial charge in [0.1, 0.15) is 0 Å². The van der Waals surface area contributed by atoms with Crippen molar-refractivity contribution in [3.05, 3.63) is 11.3 Å². The summed E-state index contributed by atoms with van der Waals surface area (Å²) in [7, 11) is 0. The fourth-order valence-corrected chi connectivity index (χ4v) is 3.10. The van der Waals surface area contributed by atoms with Crippen molar-refractivity contribution in [2.24, 2.45) is 5.92 Å². The molecule has 2 fully saturated rings. The van der Waals surface area contributed by atoms with Crippen molar-refractivity contribution >= 4 is 11.6 Å². The molecule has 3 rings (SSSR count). The second-order valence-electron chi connectivity index (χ2n) is 5.59. The molecule has 0 N–H and O–H groups in total. The van der Waals surface area contributed by atoms with Gasteiger partial charge in [0.25, 0.3) is 0 Å². The zero-order valence-corrected chi connectivity index (χ0v) is 11.9. The van der Waals surface area contributed by atoms with Crippen LogP contribution in [0.2, 0.25) is 5.15 Å². The molecular formula is C14H21ClN2O2. The van der Waals surface area contributed by atoms with Gasteiger partial charge in [-0.3, -0.25) is 4.68 Å². The van der Waals surface area contributed by atoms with Crippen molar-refractivity contribution in [1.29, 1.82) is 0 Å². The summed E-state index contributed by atoms with van der Waals surface area (Å²) >= 11 is 6.36. The van der Waals surface area contributed by atoms with Crippen LogP contribution in [0.5, 0.6) is 5.75 Å². The van der Waals surface area contributed by atoms with Crippen molar-refractivity contribution in [2.45, 2.75) is 51.2 Å². The lowest BCUT2D eigenvalue weighted by molar-refractivity contribution is 0.155. The zero-order chi connectivity index (χ0) is 13.1. The second kappa shape index (κ2) is 6.14. The summed E-state index contributed by atoms with van der Waals surface area (Å²) in [5.74, 6) is 1.27. The van der Waals surface area contributed by atoms with Crippen molar-refractivity contribution < 1.29 is 9.47 Å². The molecule has 0 bridgehead atoms. The Morgan fingerprint density at radius 1 is 1.32 bits per heavy atom. The first-order valence-corrected chi connectivity index (χ1v) is 7.66. The summed E-state index contributed by atoms with van der Waals surface area (Å²) in [5, 5.41) is 4.99. The van der Waals surface area contributed by atoms with Crippen molar-refractivity contribution in [1.82, 2.24) is 9.78 Å². The maximum atomic E-state index is 6.36. The summed E-state index contributed by atoms with van der Waals surface area (Å²) in [5.41, 5.74) is 0. The van der Waals surface area contributed by atoms with Crippen LogP contribution in [0, 0.1) is 5.92 Å². The van der Waals surface area contributed by atoms with E-state index >= 15 is 0 Å². The van der Waals surface area contributed by atoms with E-state index < -0.39 is 0 Å². The van der Waals surface area contributed by atoms with Crippen LogP contribution < -0.4 is 4.74 Å². The molecule has 5 heteroatoms. The maximum absolute atomic E-state index is 6.36. The Balaban J connectivity index is 1.60. The van der Waals surface area contributed by atoms with Crippen LogP contribution in [0.4, 0.5) is 0 Å². The number of nitrogens with zero attached hydrogens (tertiary/aromatic N) is 2. The molecule has 0 spiro atoms. The van der Waals surface area contributed by atoms with Crippen LogP contribution in [-0.2, 0) is 11.3 Å². The average Bonchev–Trinajstić information content (AvgIpc) is 3.05. The summed E-state index contributed by atoms with van der Waals surface area (Å²) in [6, 6.07) is 0. The minimum Gasteiger partial charge on any atom is -0.486 e. The molecule has 106 valence electrons. The molecule has 1 aromatic heterocycles. The van der Waals surface area contributed by atoms with Crippen molar-refractivity contribution in [2.75, 3.05) is 13.2 Å². The van der Waals surface area contributed by atoms with E-state index in [0.717, 1.165) is 44.8 Å². The lowest BCUT2D eigenvalue weighted by atomic mass is 9.98. The number of aromatic nitrogens is 2. The molecule has 1 saturated carbocycles. The molecule has 1 aliphatic heterocycles. The quantitative estimate of drug-likeness (QED) is 0.851. The van der Waals surface area contributed by atoms with Gasteiger partial charge in [-0.2, -0.15) is 5.10 Å². The first-order valence-electron chi connectivity index (χ1n) is 7.28. The van der Waals surface area contributed by atoms with Crippen molar-refractivity contribution in [3.8, 4) is 5.75 Å². The zero-order valence-electron chi connectivity index (χ0n) is 11.2. The highest BCUT2D eigenvalue weighted by atomic mass is 35.5. The number of halogens is 1. The fourth-order valence-electron chi connectivity index (χ4n) is 2.89. The minimum atomic E-state index is 0.318. The summed E-state index contributed by atoms with van der Waals surface area (Å²) in [6.45, 7) is 2.50. The largest absolute Gasteiger partial charge is 0.486 e. The lowest BCUT2D eigenvalue weighted by Gasteiger charge is -2.22. The van der Waals surface area contributed by atoms with E-state index in [1.165, 1.54) is 19.3 Å². The minimum absolute atomic E-state index is 0.318. The van der Waals surface area contributed by atoms with E-state index in [9.17, 15) is 0 Å². The van der Waals surface area contributed by atoms with Crippen LogP contribution in [-0.4, -0.2) is 29.1 Å². The first kappa shape index (κ1) is 13.3. The second-order valence-corrected chi connectivity index (χ2v) is 5.95. The molecule has 4 nitrogen and oxygen atoms in total. The van der Waals surface area contributed by atoms with Gasteiger partial charge in [-0.05, 0) is 32.1 Å². The van der Waals surface area contributed by atoms with E-state index in [1.807, 2.05) is 4.68 Å². The third-order valence-corrected chi connectivity index (χ3v) is 4.43. The Labute approximate surface area is 119 Å². The van der Waals surface area contributed by atoms with Crippen LogP contribution in [0.15, 0.2) is 6.20 Å². The van der Waals surface area contributed by atoms with Crippen LogP contribution in [0.1, 0.15) is 38.5 Å². The monoisotopic (exact) mass is 284 g/mol. The van der Waals surface area contributed by atoms with E-state index in [4.69, 9.17) is 21.1 Å². The Morgan fingerprint density at radius 3 is 2.89 bits per heavy atom. The number of rotatable bonds is 4. The molecule has 1 aromatic rings. The van der Waals surface area contributed by atoms with Gasteiger partial charge in [0.2, 0.25) is 0 Å². The lowest BCUT2D eigenvalue weighted by Crippen LogP contribution is -2.19. The van der Waals surface area contributed by atoms with Crippen LogP contribution in [0.25, 0.3) is 0 Å². The summed E-state index contributed by atoms with van der Waals surface area (Å²) in [6.07, 6.45) is 9.29. The van der Waals surface area contributed by atoms with Gasteiger partial charge in [-0.1, -0.05) is 18.0 Å². The molecule has 0 aromatic carbocycles. The average molecular weight is 285 g/mol. The molecular weight excluding hydrogens is 264 g/mol. The van der Waals surface area contributed by atoms with Crippen molar-refractivity contribution in [3.63, 3.8) is 0 Å². The van der Waals surface area contributed by atoms with Gasteiger partial charge >= 0.3 is 0 Å². The fraction of sp³-hybridized carbons (Fsp3) is 0.786. The van der Waals surface area contributed by atoms with E-state index in [-0.39, 0.29) is 0 Å². The molecule has 1 aliphatic carbocycles. The smallest absolute Gasteiger partial charge is 0.176 e. The van der Waals surface area contributed by atoms with E-state index in [1.54, 1.807) is 6.20 Å². The number of hydrogen-bond acceptors (Lipinski definition) is 3. The van der Waals surface area contributed by atoms with Gasteiger partial charge < -0.3 is 9.47 Å². The van der Waals surface area contributed by atoms with Gasteiger partial charge in [-0.15, -0.1) is 0 Å². The Morgan fingerprint density at radius 2 is 2.16 bits per heavy atom. The Hall–Kier alpha value is -0.740. The van der Waals surface area contributed by atoms with Gasteiger partial charge in [-0.25, -0.2) is 0 Å². The maximum Gasteiger partial charge on any atom is 0.176 e. The summed E-state index contributed by atoms with van der Waals surface area (Å²) in [4.78, 5) is 0. The predicted octanol–water partition coefficient (Wildman–Crippen LogP) is 3.28. The van der Waals surface area contributed by atoms with E-state index in [0.29, 0.717) is 17.2 Å². The molecule has 19 heavy (non-hydrogen) atoms. The highest BCUT2D eigenvalue weighted by Crippen LogP contribution is 2.30. The standard InChI is InChI=1S/C14H21ClN2O2/c15-14-13(19-12-4-2-1-3-5-12)8-16-17(14)9-11-6-7-18-10-11/h8,11-12H,1-7,9-10H2. The molecule has 1 unspecified atom stereocenters. The predicted molar refractivity (Wildman–Crippen MR) is 73.7 cm³/mol. The molecule has 1 saturated heterocycles.